The second kappa shape index (κ2) is 8.49. The van der Waals surface area contributed by atoms with E-state index in [0.29, 0.717) is 26.2 Å². The number of ether oxygens (including phenoxy) is 1. The number of carbonyl (C=O) groups is 1. The molecule has 0 radical (unpaired) electrons. The Morgan fingerprint density at radius 2 is 2.00 bits per heavy atom. The van der Waals surface area contributed by atoms with E-state index in [9.17, 15) is 9.90 Å². The topological polar surface area (TPSA) is 61.8 Å². The number of hydrogen-bond acceptors (Lipinski definition) is 3. The zero-order valence-electron chi connectivity index (χ0n) is 15.2. The lowest BCUT2D eigenvalue weighted by Crippen LogP contribution is -2.54. The number of hydrogen-bond donors (Lipinski definition) is 2. The number of aliphatic hydroxyl groups is 1. The van der Waals surface area contributed by atoms with E-state index in [1.165, 1.54) is 16.7 Å². The molecule has 24 heavy (non-hydrogen) atoms. The molecule has 1 aliphatic rings. The summed E-state index contributed by atoms with van der Waals surface area (Å²) in [5.74, 6) is 0. The molecule has 3 atom stereocenters. The molecule has 1 fully saturated rings. The summed E-state index contributed by atoms with van der Waals surface area (Å²) in [6, 6.07) is 6.41. The number of carbonyl (C=O) groups excluding carboxylic acids is 1. The summed E-state index contributed by atoms with van der Waals surface area (Å²) in [7, 11) is 0. The van der Waals surface area contributed by atoms with E-state index < -0.39 is 6.10 Å². The van der Waals surface area contributed by atoms with Crippen LogP contribution in [0.2, 0.25) is 0 Å². The lowest BCUT2D eigenvalue weighted by atomic mass is 10.0. The van der Waals surface area contributed by atoms with Crippen LogP contribution in [0.1, 0.15) is 37.0 Å². The van der Waals surface area contributed by atoms with Gasteiger partial charge in [-0.1, -0.05) is 29.3 Å². The van der Waals surface area contributed by atoms with Crippen molar-refractivity contribution in [3.05, 3.63) is 34.9 Å². The molecule has 0 bridgehead atoms. The maximum Gasteiger partial charge on any atom is 0.318 e. The van der Waals surface area contributed by atoms with Crippen LogP contribution >= 0.6 is 0 Å². The van der Waals surface area contributed by atoms with Gasteiger partial charge in [0.2, 0.25) is 0 Å². The molecular formula is C19H30N2O3. The summed E-state index contributed by atoms with van der Waals surface area (Å²) in [6.45, 7) is 9.56. The molecule has 1 aliphatic heterocycles. The largest absolute Gasteiger partial charge is 0.393 e. The van der Waals surface area contributed by atoms with Crippen molar-refractivity contribution in [3.63, 3.8) is 0 Å². The molecule has 2 rings (SSSR count). The van der Waals surface area contributed by atoms with E-state index >= 15 is 0 Å². The SMILES string of the molecule is Cc1cc(C)cc(C[C@H](C)NC(=O)N2CCOC[C@H]2C[C@@H](C)O)c1. The van der Waals surface area contributed by atoms with Crippen LogP contribution in [0, 0.1) is 13.8 Å². The summed E-state index contributed by atoms with van der Waals surface area (Å²) >= 11 is 0. The van der Waals surface area contributed by atoms with Crippen LogP contribution in [0.15, 0.2) is 18.2 Å². The van der Waals surface area contributed by atoms with Crippen molar-refractivity contribution in [2.24, 2.45) is 0 Å². The summed E-state index contributed by atoms with van der Waals surface area (Å²) in [5, 5.41) is 12.7. The van der Waals surface area contributed by atoms with Crippen molar-refractivity contribution in [2.45, 2.75) is 58.7 Å². The van der Waals surface area contributed by atoms with E-state index in [1.807, 2.05) is 6.92 Å². The van der Waals surface area contributed by atoms with Gasteiger partial charge in [0.1, 0.15) is 0 Å². The number of nitrogens with zero attached hydrogens (tertiary/aromatic N) is 1. The highest BCUT2D eigenvalue weighted by molar-refractivity contribution is 5.75. The maximum absolute atomic E-state index is 12.6. The average Bonchev–Trinajstić information content (AvgIpc) is 2.45. The molecule has 5 nitrogen and oxygen atoms in total. The van der Waals surface area contributed by atoms with Gasteiger partial charge in [-0.25, -0.2) is 4.79 Å². The van der Waals surface area contributed by atoms with Crippen LogP contribution in [0.25, 0.3) is 0 Å². The van der Waals surface area contributed by atoms with Crippen molar-refractivity contribution in [2.75, 3.05) is 19.8 Å². The molecule has 2 amide bonds. The molecule has 0 aromatic heterocycles. The number of amides is 2. The predicted molar refractivity (Wildman–Crippen MR) is 95.2 cm³/mol. The van der Waals surface area contributed by atoms with Gasteiger partial charge < -0.3 is 20.1 Å². The van der Waals surface area contributed by atoms with Crippen LogP contribution in [-0.4, -0.2) is 54.0 Å². The smallest absolute Gasteiger partial charge is 0.318 e. The van der Waals surface area contributed by atoms with E-state index in [2.05, 4.69) is 37.4 Å². The molecule has 0 spiro atoms. The van der Waals surface area contributed by atoms with E-state index in [-0.39, 0.29) is 18.1 Å². The first kappa shape index (κ1) is 18.7. The zero-order chi connectivity index (χ0) is 17.7. The second-order valence-corrected chi connectivity index (χ2v) is 7.06. The highest BCUT2D eigenvalue weighted by Crippen LogP contribution is 2.14. The first-order valence-electron chi connectivity index (χ1n) is 8.75. The molecule has 1 heterocycles. The van der Waals surface area contributed by atoms with Crippen LogP contribution in [0.3, 0.4) is 0 Å². The van der Waals surface area contributed by atoms with Crippen LogP contribution in [-0.2, 0) is 11.2 Å². The van der Waals surface area contributed by atoms with E-state index in [4.69, 9.17) is 4.74 Å². The minimum absolute atomic E-state index is 0.0498. The fourth-order valence-electron chi connectivity index (χ4n) is 3.40. The standard InChI is InChI=1S/C19H30N2O3/c1-13-7-14(2)9-17(8-13)10-15(3)20-19(23)21-5-6-24-12-18(21)11-16(4)22/h7-9,15-16,18,22H,5-6,10-12H2,1-4H3,(H,20,23)/t15-,16+,18+/m0/s1. The summed E-state index contributed by atoms with van der Waals surface area (Å²) in [4.78, 5) is 14.4. The Balaban J connectivity index is 1.94. The molecule has 2 N–H and O–H groups in total. The first-order chi connectivity index (χ1) is 11.3. The summed E-state index contributed by atoms with van der Waals surface area (Å²) in [5.41, 5.74) is 3.73. The third kappa shape index (κ3) is 5.49. The Labute approximate surface area is 145 Å². The Morgan fingerprint density at radius 3 is 2.62 bits per heavy atom. The van der Waals surface area contributed by atoms with Gasteiger partial charge in [0, 0.05) is 12.6 Å². The minimum Gasteiger partial charge on any atom is -0.393 e. The number of rotatable bonds is 5. The monoisotopic (exact) mass is 334 g/mol. The summed E-state index contributed by atoms with van der Waals surface area (Å²) in [6.07, 6.45) is 0.901. The van der Waals surface area contributed by atoms with E-state index in [0.717, 1.165) is 6.42 Å². The number of urea groups is 1. The average molecular weight is 334 g/mol. The van der Waals surface area contributed by atoms with Gasteiger partial charge in [0.15, 0.2) is 0 Å². The third-order valence-electron chi connectivity index (χ3n) is 4.29. The highest BCUT2D eigenvalue weighted by atomic mass is 16.5. The minimum atomic E-state index is -0.445. The molecule has 134 valence electrons. The quantitative estimate of drug-likeness (QED) is 0.869. The fourth-order valence-corrected chi connectivity index (χ4v) is 3.40. The second-order valence-electron chi connectivity index (χ2n) is 7.06. The maximum atomic E-state index is 12.6. The number of aliphatic hydroxyl groups excluding tert-OH is 1. The molecular weight excluding hydrogens is 304 g/mol. The molecule has 1 saturated heterocycles. The number of morpholine rings is 1. The van der Waals surface area contributed by atoms with Gasteiger partial charge in [0.25, 0.3) is 0 Å². The fraction of sp³-hybridized carbons (Fsp3) is 0.632. The lowest BCUT2D eigenvalue weighted by molar-refractivity contribution is -0.00471. The van der Waals surface area contributed by atoms with Crippen molar-refractivity contribution >= 4 is 6.03 Å². The number of aryl methyl sites for hydroxylation is 2. The predicted octanol–water partition coefficient (Wildman–Crippen LogP) is 2.42. The molecule has 5 heteroatoms. The number of nitrogens with one attached hydrogen (secondary N) is 1. The normalized spacial score (nSPS) is 20.5. The first-order valence-corrected chi connectivity index (χ1v) is 8.75. The summed E-state index contributed by atoms with van der Waals surface area (Å²) < 4.78 is 5.46. The highest BCUT2D eigenvalue weighted by Gasteiger charge is 2.28. The molecule has 0 unspecified atom stereocenters. The molecule has 1 aromatic carbocycles. The Kier molecular flexibility index (Phi) is 6.63. The van der Waals surface area contributed by atoms with Gasteiger partial charge in [-0.15, -0.1) is 0 Å². The van der Waals surface area contributed by atoms with Crippen LogP contribution in [0.4, 0.5) is 4.79 Å². The molecule has 0 aliphatic carbocycles. The van der Waals surface area contributed by atoms with Crippen molar-refractivity contribution in [3.8, 4) is 0 Å². The lowest BCUT2D eigenvalue weighted by Gasteiger charge is -2.37. The van der Waals surface area contributed by atoms with Crippen LogP contribution in [0.5, 0.6) is 0 Å². The van der Waals surface area contributed by atoms with E-state index in [1.54, 1.807) is 11.8 Å². The van der Waals surface area contributed by atoms with Crippen molar-refractivity contribution < 1.29 is 14.6 Å². The number of benzene rings is 1. The van der Waals surface area contributed by atoms with Crippen molar-refractivity contribution in [1.29, 1.82) is 0 Å². The Hall–Kier alpha value is -1.59. The van der Waals surface area contributed by atoms with Gasteiger partial charge in [0.05, 0.1) is 25.4 Å². The zero-order valence-corrected chi connectivity index (χ0v) is 15.2. The third-order valence-corrected chi connectivity index (χ3v) is 4.29. The van der Waals surface area contributed by atoms with Crippen molar-refractivity contribution in [1.82, 2.24) is 10.2 Å². The Bertz CT molecular complexity index is 539. The molecule has 0 saturated carbocycles. The van der Waals surface area contributed by atoms with Gasteiger partial charge in [-0.05, 0) is 46.1 Å². The van der Waals surface area contributed by atoms with Gasteiger partial charge in [-0.2, -0.15) is 0 Å². The molecule has 1 aromatic rings. The van der Waals surface area contributed by atoms with Gasteiger partial charge >= 0.3 is 6.03 Å². The van der Waals surface area contributed by atoms with Gasteiger partial charge in [-0.3, -0.25) is 0 Å². The Morgan fingerprint density at radius 1 is 1.33 bits per heavy atom. The van der Waals surface area contributed by atoms with Crippen LogP contribution < -0.4 is 5.32 Å².